The van der Waals surface area contributed by atoms with Gasteiger partial charge in [-0.25, -0.2) is 0 Å². The molecular formula is C25H33N3O2. The summed E-state index contributed by atoms with van der Waals surface area (Å²) in [7, 11) is 0. The zero-order valence-electron chi connectivity index (χ0n) is 17.7. The fraction of sp³-hybridized carbons (Fsp3) is 0.440. The molecule has 0 bridgehead atoms. The number of carbonyl (C=O) groups excluding carboxylic acids is 2. The number of carbonyl (C=O) groups is 2. The lowest BCUT2D eigenvalue weighted by Crippen LogP contribution is -2.52. The molecule has 1 aliphatic rings. The molecular weight excluding hydrogens is 374 g/mol. The lowest BCUT2D eigenvalue weighted by molar-refractivity contribution is -0.141. The first-order chi connectivity index (χ1) is 14.7. The van der Waals surface area contributed by atoms with E-state index in [1.807, 2.05) is 30.3 Å². The molecule has 3 rings (SSSR count). The third-order valence-electron chi connectivity index (χ3n) is 5.72. The molecule has 5 heteroatoms. The number of hydrogen-bond acceptors (Lipinski definition) is 3. The number of nitrogens with two attached hydrogens (primary N) is 1. The van der Waals surface area contributed by atoms with Crippen LogP contribution in [0, 0.1) is 0 Å². The first-order valence-corrected chi connectivity index (χ1v) is 11.1. The average Bonchev–Trinajstić information content (AvgIpc) is 2.80. The fourth-order valence-corrected chi connectivity index (χ4v) is 4.00. The molecule has 0 aliphatic carbocycles. The standard InChI is InChI=1S/C25H33N3O2/c26-16-6-2-7-17-27-25(30)23-11-5-8-18-28(23)24(29)19-20-12-14-22(15-13-20)21-9-3-1-4-10-21/h1,3-4,9-10,12-15,23H,2,5-8,11,16-19,26H2,(H,27,30). The fourth-order valence-electron chi connectivity index (χ4n) is 4.00. The molecule has 0 aromatic heterocycles. The summed E-state index contributed by atoms with van der Waals surface area (Å²) in [6, 6.07) is 18.0. The monoisotopic (exact) mass is 407 g/mol. The van der Waals surface area contributed by atoms with Crippen LogP contribution in [0.4, 0.5) is 0 Å². The van der Waals surface area contributed by atoms with Crippen molar-refractivity contribution in [3.05, 3.63) is 60.2 Å². The molecule has 2 amide bonds. The Kier molecular flexibility index (Phi) is 8.45. The molecule has 1 fully saturated rings. The van der Waals surface area contributed by atoms with Gasteiger partial charge in [-0.3, -0.25) is 9.59 Å². The molecule has 1 aliphatic heterocycles. The average molecular weight is 408 g/mol. The van der Waals surface area contributed by atoms with Crippen molar-refractivity contribution in [2.45, 2.75) is 51.0 Å². The third-order valence-corrected chi connectivity index (χ3v) is 5.72. The van der Waals surface area contributed by atoms with Crippen molar-refractivity contribution in [3.8, 4) is 11.1 Å². The highest BCUT2D eigenvalue weighted by molar-refractivity contribution is 5.88. The SMILES string of the molecule is NCCCCCNC(=O)C1CCCCN1C(=O)Cc1ccc(-c2ccccc2)cc1. The van der Waals surface area contributed by atoms with Gasteiger partial charge in [0.15, 0.2) is 0 Å². The van der Waals surface area contributed by atoms with E-state index in [9.17, 15) is 9.59 Å². The summed E-state index contributed by atoms with van der Waals surface area (Å²) >= 11 is 0. The van der Waals surface area contributed by atoms with Crippen LogP contribution in [0.3, 0.4) is 0 Å². The minimum absolute atomic E-state index is 0.0183. The van der Waals surface area contributed by atoms with Crippen LogP contribution in [-0.2, 0) is 16.0 Å². The quantitative estimate of drug-likeness (QED) is 0.625. The van der Waals surface area contributed by atoms with E-state index < -0.39 is 0 Å². The van der Waals surface area contributed by atoms with Gasteiger partial charge in [0.2, 0.25) is 11.8 Å². The second kappa shape index (κ2) is 11.5. The van der Waals surface area contributed by atoms with E-state index >= 15 is 0 Å². The second-order valence-corrected chi connectivity index (χ2v) is 7.98. The zero-order valence-corrected chi connectivity index (χ0v) is 17.7. The third kappa shape index (κ3) is 6.17. The van der Waals surface area contributed by atoms with Gasteiger partial charge in [0.25, 0.3) is 0 Å². The van der Waals surface area contributed by atoms with Gasteiger partial charge in [-0.1, -0.05) is 61.0 Å². The van der Waals surface area contributed by atoms with Crippen LogP contribution in [0.1, 0.15) is 44.1 Å². The number of nitrogens with zero attached hydrogens (tertiary/aromatic N) is 1. The topological polar surface area (TPSA) is 75.4 Å². The van der Waals surface area contributed by atoms with Gasteiger partial charge < -0.3 is 16.0 Å². The number of nitrogens with one attached hydrogen (secondary N) is 1. The van der Waals surface area contributed by atoms with Gasteiger partial charge in [-0.15, -0.1) is 0 Å². The Labute approximate surface area is 179 Å². The van der Waals surface area contributed by atoms with E-state index in [0.717, 1.165) is 55.2 Å². The molecule has 1 unspecified atom stereocenters. The van der Waals surface area contributed by atoms with Crippen LogP contribution in [0.2, 0.25) is 0 Å². The predicted molar refractivity (Wildman–Crippen MR) is 121 cm³/mol. The minimum Gasteiger partial charge on any atom is -0.354 e. The summed E-state index contributed by atoms with van der Waals surface area (Å²) in [6.45, 7) is 2.00. The molecule has 1 heterocycles. The molecule has 3 N–H and O–H groups in total. The number of unbranched alkanes of at least 4 members (excludes halogenated alkanes) is 2. The number of benzene rings is 2. The number of likely N-dealkylation sites (tertiary alicyclic amines) is 1. The van der Waals surface area contributed by atoms with E-state index in [4.69, 9.17) is 5.73 Å². The minimum atomic E-state index is -0.343. The van der Waals surface area contributed by atoms with Gasteiger partial charge in [0.1, 0.15) is 6.04 Å². The molecule has 0 radical (unpaired) electrons. The van der Waals surface area contributed by atoms with E-state index in [0.29, 0.717) is 26.1 Å². The number of piperidine rings is 1. The largest absolute Gasteiger partial charge is 0.354 e. The van der Waals surface area contributed by atoms with Crippen molar-refractivity contribution in [1.82, 2.24) is 10.2 Å². The van der Waals surface area contributed by atoms with E-state index in [2.05, 4.69) is 29.6 Å². The Hall–Kier alpha value is -2.66. The van der Waals surface area contributed by atoms with Crippen molar-refractivity contribution < 1.29 is 9.59 Å². The van der Waals surface area contributed by atoms with Crippen LogP contribution in [0.25, 0.3) is 11.1 Å². The Morgan fingerprint density at radius 3 is 2.40 bits per heavy atom. The van der Waals surface area contributed by atoms with Crippen molar-refractivity contribution in [2.24, 2.45) is 5.73 Å². The summed E-state index contributed by atoms with van der Waals surface area (Å²) in [5, 5.41) is 3.01. The van der Waals surface area contributed by atoms with Gasteiger partial charge in [0.05, 0.1) is 6.42 Å². The van der Waals surface area contributed by atoms with Gasteiger partial charge >= 0.3 is 0 Å². The van der Waals surface area contributed by atoms with Crippen molar-refractivity contribution in [3.63, 3.8) is 0 Å². The molecule has 0 spiro atoms. The first kappa shape index (κ1) is 22.0. The number of hydrogen-bond donors (Lipinski definition) is 2. The van der Waals surface area contributed by atoms with Gasteiger partial charge in [-0.2, -0.15) is 0 Å². The summed E-state index contributed by atoms with van der Waals surface area (Å²) in [5.41, 5.74) is 8.78. The van der Waals surface area contributed by atoms with Gasteiger partial charge in [-0.05, 0) is 55.3 Å². The van der Waals surface area contributed by atoms with Crippen LogP contribution in [-0.4, -0.2) is 42.4 Å². The maximum Gasteiger partial charge on any atom is 0.242 e. The Morgan fingerprint density at radius 2 is 1.67 bits per heavy atom. The number of amides is 2. The highest BCUT2D eigenvalue weighted by Gasteiger charge is 2.31. The maximum atomic E-state index is 13.0. The first-order valence-electron chi connectivity index (χ1n) is 11.1. The molecule has 5 nitrogen and oxygen atoms in total. The second-order valence-electron chi connectivity index (χ2n) is 7.98. The van der Waals surface area contributed by atoms with Crippen molar-refractivity contribution in [1.29, 1.82) is 0 Å². The molecule has 160 valence electrons. The zero-order chi connectivity index (χ0) is 21.2. The van der Waals surface area contributed by atoms with E-state index in [1.54, 1.807) is 4.90 Å². The van der Waals surface area contributed by atoms with Crippen molar-refractivity contribution in [2.75, 3.05) is 19.6 Å². The van der Waals surface area contributed by atoms with E-state index in [-0.39, 0.29) is 17.9 Å². The normalized spacial score (nSPS) is 16.3. The highest BCUT2D eigenvalue weighted by atomic mass is 16.2. The summed E-state index contributed by atoms with van der Waals surface area (Å²) < 4.78 is 0. The van der Waals surface area contributed by atoms with Crippen LogP contribution < -0.4 is 11.1 Å². The van der Waals surface area contributed by atoms with Crippen LogP contribution in [0.5, 0.6) is 0 Å². The summed E-state index contributed by atoms with van der Waals surface area (Å²) in [4.78, 5) is 27.4. The molecule has 30 heavy (non-hydrogen) atoms. The molecule has 1 saturated heterocycles. The Balaban J connectivity index is 1.56. The van der Waals surface area contributed by atoms with E-state index in [1.165, 1.54) is 0 Å². The molecule has 2 aromatic carbocycles. The Bertz CT molecular complexity index is 805. The molecule has 0 saturated carbocycles. The Morgan fingerprint density at radius 1 is 0.933 bits per heavy atom. The lowest BCUT2D eigenvalue weighted by atomic mass is 9.99. The van der Waals surface area contributed by atoms with Crippen LogP contribution >= 0.6 is 0 Å². The molecule has 1 atom stereocenters. The van der Waals surface area contributed by atoms with Gasteiger partial charge in [0, 0.05) is 13.1 Å². The van der Waals surface area contributed by atoms with Crippen LogP contribution in [0.15, 0.2) is 54.6 Å². The highest BCUT2D eigenvalue weighted by Crippen LogP contribution is 2.21. The summed E-state index contributed by atoms with van der Waals surface area (Å²) in [5.74, 6) is 0.0145. The van der Waals surface area contributed by atoms with Crippen molar-refractivity contribution >= 4 is 11.8 Å². The number of rotatable bonds is 9. The predicted octanol–water partition coefficient (Wildman–Crippen LogP) is 3.52. The molecule has 2 aromatic rings. The smallest absolute Gasteiger partial charge is 0.242 e. The summed E-state index contributed by atoms with van der Waals surface area (Å²) in [6.07, 6.45) is 5.94. The maximum absolute atomic E-state index is 13.0. The lowest BCUT2D eigenvalue weighted by Gasteiger charge is -2.35.